The van der Waals surface area contributed by atoms with E-state index in [1.54, 1.807) is 11.8 Å². The first kappa shape index (κ1) is 22.2. The van der Waals surface area contributed by atoms with E-state index >= 15 is 0 Å². The maximum Gasteiger partial charge on any atom is 0.242 e. The maximum absolute atomic E-state index is 13.1. The van der Waals surface area contributed by atoms with E-state index in [4.69, 9.17) is 0 Å². The summed E-state index contributed by atoms with van der Waals surface area (Å²) >= 11 is 3.44. The number of hydrogen-bond donors (Lipinski definition) is 1. The van der Waals surface area contributed by atoms with Crippen LogP contribution in [0.3, 0.4) is 0 Å². The third-order valence-corrected chi connectivity index (χ3v) is 5.39. The van der Waals surface area contributed by atoms with Crippen LogP contribution in [0, 0.1) is 6.92 Å². The van der Waals surface area contributed by atoms with E-state index in [2.05, 4.69) is 28.2 Å². The molecule has 150 valence electrons. The average Bonchev–Trinajstić information content (AvgIpc) is 2.68. The van der Waals surface area contributed by atoms with Crippen LogP contribution in [-0.4, -0.2) is 29.3 Å². The number of nitrogens with one attached hydrogen (secondary N) is 1. The highest BCUT2D eigenvalue weighted by atomic mass is 79.9. The van der Waals surface area contributed by atoms with Crippen molar-refractivity contribution in [1.29, 1.82) is 0 Å². The predicted octanol–water partition coefficient (Wildman–Crippen LogP) is 4.63. The molecule has 0 aliphatic heterocycles. The Labute approximate surface area is 176 Å². The minimum absolute atomic E-state index is 0.0460. The predicted molar refractivity (Wildman–Crippen MR) is 117 cm³/mol. The van der Waals surface area contributed by atoms with Crippen molar-refractivity contribution in [2.24, 2.45) is 0 Å². The Bertz CT molecular complexity index is 789. The number of halogens is 1. The fourth-order valence-corrected chi connectivity index (χ4v) is 3.24. The zero-order valence-corrected chi connectivity index (χ0v) is 18.5. The number of nitrogens with zero attached hydrogens (tertiary/aromatic N) is 1. The molecule has 2 aromatic carbocycles. The minimum Gasteiger partial charge on any atom is -0.354 e. The molecule has 0 aromatic heterocycles. The van der Waals surface area contributed by atoms with Gasteiger partial charge in [0.1, 0.15) is 6.04 Å². The van der Waals surface area contributed by atoms with E-state index in [-0.39, 0.29) is 18.2 Å². The van der Waals surface area contributed by atoms with Gasteiger partial charge in [0.2, 0.25) is 11.8 Å². The van der Waals surface area contributed by atoms with Crippen LogP contribution in [-0.2, 0) is 22.6 Å². The van der Waals surface area contributed by atoms with Crippen molar-refractivity contribution in [3.05, 3.63) is 69.7 Å². The number of benzene rings is 2. The number of amides is 2. The molecule has 0 saturated heterocycles. The third kappa shape index (κ3) is 6.48. The summed E-state index contributed by atoms with van der Waals surface area (Å²) in [5.74, 6) is -0.154. The van der Waals surface area contributed by atoms with Gasteiger partial charge in [-0.1, -0.05) is 65.7 Å². The Morgan fingerprint density at radius 3 is 2.43 bits per heavy atom. The Hall–Kier alpha value is -2.14. The summed E-state index contributed by atoms with van der Waals surface area (Å²) in [4.78, 5) is 27.4. The fourth-order valence-electron chi connectivity index (χ4n) is 2.98. The maximum atomic E-state index is 13.1. The lowest BCUT2D eigenvalue weighted by molar-refractivity contribution is -0.140. The number of carbonyl (C=O) groups is 2. The lowest BCUT2D eigenvalue weighted by Crippen LogP contribution is -2.48. The molecule has 0 radical (unpaired) electrons. The van der Waals surface area contributed by atoms with Gasteiger partial charge in [0.15, 0.2) is 0 Å². The number of unbranched alkanes of at least 4 members (excludes halogenated alkanes) is 1. The van der Waals surface area contributed by atoms with Crippen molar-refractivity contribution in [3.8, 4) is 0 Å². The van der Waals surface area contributed by atoms with Crippen molar-refractivity contribution in [2.75, 3.05) is 6.54 Å². The normalized spacial score (nSPS) is 11.7. The van der Waals surface area contributed by atoms with E-state index in [1.165, 1.54) is 0 Å². The lowest BCUT2D eigenvalue weighted by atomic mass is 10.0. The van der Waals surface area contributed by atoms with E-state index in [1.807, 2.05) is 55.5 Å². The fraction of sp³-hybridized carbons (Fsp3) is 0.391. The summed E-state index contributed by atoms with van der Waals surface area (Å²) in [6.07, 6.45) is 2.24. The molecule has 0 aliphatic rings. The quantitative estimate of drug-likeness (QED) is 0.572. The van der Waals surface area contributed by atoms with E-state index in [9.17, 15) is 9.59 Å². The second-order valence-electron chi connectivity index (χ2n) is 7.07. The first-order valence-electron chi connectivity index (χ1n) is 9.78. The van der Waals surface area contributed by atoms with Crippen molar-refractivity contribution in [2.45, 2.75) is 52.6 Å². The minimum atomic E-state index is -0.531. The molecule has 0 heterocycles. The van der Waals surface area contributed by atoms with E-state index in [0.717, 1.165) is 34.0 Å². The average molecular weight is 445 g/mol. The highest BCUT2D eigenvalue weighted by Gasteiger charge is 2.26. The van der Waals surface area contributed by atoms with Gasteiger partial charge in [-0.25, -0.2) is 0 Å². The summed E-state index contributed by atoms with van der Waals surface area (Å²) in [6.45, 7) is 6.93. The topological polar surface area (TPSA) is 49.4 Å². The summed E-state index contributed by atoms with van der Waals surface area (Å²) in [7, 11) is 0. The summed E-state index contributed by atoms with van der Waals surface area (Å²) < 4.78 is 0.986. The van der Waals surface area contributed by atoms with Crippen LogP contribution in [0.2, 0.25) is 0 Å². The number of rotatable bonds is 9. The van der Waals surface area contributed by atoms with Crippen LogP contribution in [0.5, 0.6) is 0 Å². The molecule has 2 amide bonds. The lowest BCUT2D eigenvalue weighted by Gasteiger charge is -2.29. The van der Waals surface area contributed by atoms with Crippen LogP contribution in [0.25, 0.3) is 0 Å². The molecule has 1 N–H and O–H groups in total. The summed E-state index contributed by atoms with van der Waals surface area (Å²) in [5.41, 5.74) is 3.07. The SMILES string of the molecule is CCCCNC(=O)[C@@H](C)N(Cc1ccc(Br)cc1)C(=O)Cc1ccccc1C. The van der Waals surface area contributed by atoms with Gasteiger partial charge in [-0.05, 0) is 49.1 Å². The zero-order valence-electron chi connectivity index (χ0n) is 16.9. The van der Waals surface area contributed by atoms with Gasteiger partial charge in [0.05, 0.1) is 6.42 Å². The molecule has 28 heavy (non-hydrogen) atoms. The summed E-state index contributed by atoms with van der Waals surface area (Å²) in [5, 5.41) is 2.95. The number of hydrogen-bond acceptors (Lipinski definition) is 2. The first-order valence-corrected chi connectivity index (χ1v) is 10.6. The van der Waals surface area contributed by atoms with Gasteiger partial charge in [-0.2, -0.15) is 0 Å². The highest BCUT2D eigenvalue weighted by Crippen LogP contribution is 2.16. The van der Waals surface area contributed by atoms with Gasteiger partial charge in [0.25, 0.3) is 0 Å². The van der Waals surface area contributed by atoms with Crippen molar-refractivity contribution in [1.82, 2.24) is 10.2 Å². The second kappa shape index (κ2) is 11.0. The summed E-state index contributed by atoms with van der Waals surface area (Å²) in [6, 6.07) is 15.2. The van der Waals surface area contributed by atoms with Crippen molar-refractivity contribution >= 4 is 27.7 Å². The molecule has 0 unspecified atom stereocenters. The largest absolute Gasteiger partial charge is 0.354 e. The number of aryl methyl sites for hydroxylation is 1. The molecule has 0 fully saturated rings. The molecule has 0 aliphatic carbocycles. The second-order valence-corrected chi connectivity index (χ2v) is 7.99. The standard InChI is InChI=1S/C23H29BrN2O2/c1-4-5-14-25-23(28)18(3)26(16-19-10-12-21(24)13-11-19)22(27)15-20-9-7-6-8-17(20)2/h6-13,18H,4-5,14-16H2,1-3H3,(H,25,28)/t18-/m1/s1. The third-order valence-electron chi connectivity index (χ3n) is 4.87. The van der Waals surface area contributed by atoms with Gasteiger partial charge < -0.3 is 10.2 Å². The van der Waals surface area contributed by atoms with Gasteiger partial charge in [-0.15, -0.1) is 0 Å². The monoisotopic (exact) mass is 444 g/mol. The molecule has 4 nitrogen and oxygen atoms in total. The van der Waals surface area contributed by atoms with Crippen LogP contribution in [0.15, 0.2) is 53.0 Å². The molecule has 2 aromatic rings. The van der Waals surface area contributed by atoms with Crippen molar-refractivity contribution < 1.29 is 9.59 Å². The molecule has 0 spiro atoms. The first-order chi connectivity index (χ1) is 13.4. The van der Waals surface area contributed by atoms with Crippen LogP contribution in [0.4, 0.5) is 0 Å². The molecular weight excluding hydrogens is 416 g/mol. The van der Waals surface area contributed by atoms with Gasteiger partial charge >= 0.3 is 0 Å². The highest BCUT2D eigenvalue weighted by molar-refractivity contribution is 9.10. The molecule has 0 bridgehead atoms. The van der Waals surface area contributed by atoms with E-state index in [0.29, 0.717) is 13.1 Å². The molecule has 2 rings (SSSR count). The Morgan fingerprint density at radius 2 is 1.79 bits per heavy atom. The Morgan fingerprint density at radius 1 is 1.11 bits per heavy atom. The Balaban J connectivity index is 2.18. The Kier molecular flexibility index (Phi) is 8.71. The molecular formula is C23H29BrN2O2. The van der Waals surface area contributed by atoms with Gasteiger partial charge in [0, 0.05) is 17.6 Å². The molecule has 0 saturated carbocycles. The van der Waals surface area contributed by atoms with Crippen LogP contribution in [0.1, 0.15) is 43.4 Å². The molecule has 1 atom stereocenters. The van der Waals surface area contributed by atoms with E-state index < -0.39 is 6.04 Å². The van der Waals surface area contributed by atoms with Crippen LogP contribution < -0.4 is 5.32 Å². The number of carbonyl (C=O) groups excluding carboxylic acids is 2. The van der Waals surface area contributed by atoms with Gasteiger partial charge in [-0.3, -0.25) is 9.59 Å². The zero-order chi connectivity index (χ0) is 20.5. The van der Waals surface area contributed by atoms with Crippen LogP contribution >= 0.6 is 15.9 Å². The van der Waals surface area contributed by atoms with Crippen molar-refractivity contribution in [3.63, 3.8) is 0 Å². The smallest absolute Gasteiger partial charge is 0.242 e. The molecule has 5 heteroatoms.